The molecule has 0 aromatic rings. The highest BCUT2D eigenvalue weighted by atomic mass is 16.5. The summed E-state index contributed by atoms with van der Waals surface area (Å²) in [5.41, 5.74) is 1.72. The highest BCUT2D eigenvalue weighted by molar-refractivity contribution is 6.03. The van der Waals surface area contributed by atoms with Crippen LogP contribution in [0.25, 0.3) is 0 Å². The summed E-state index contributed by atoms with van der Waals surface area (Å²) in [6, 6.07) is 0. The van der Waals surface area contributed by atoms with Gasteiger partial charge in [-0.15, -0.1) is 0 Å². The number of ketones is 1. The summed E-state index contributed by atoms with van der Waals surface area (Å²) in [4.78, 5) is 13.0. The van der Waals surface area contributed by atoms with E-state index in [4.69, 9.17) is 4.74 Å². The van der Waals surface area contributed by atoms with Gasteiger partial charge in [0, 0.05) is 11.8 Å². The first-order chi connectivity index (χ1) is 9.84. The van der Waals surface area contributed by atoms with E-state index in [2.05, 4.69) is 39.8 Å². The summed E-state index contributed by atoms with van der Waals surface area (Å²) in [6.45, 7) is 8.66. The van der Waals surface area contributed by atoms with Crippen LogP contribution in [0.4, 0.5) is 0 Å². The Balaban J connectivity index is 2.06. The van der Waals surface area contributed by atoms with E-state index in [-0.39, 0.29) is 16.8 Å². The summed E-state index contributed by atoms with van der Waals surface area (Å²) in [5, 5.41) is 0. The highest BCUT2D eigenvalue weighted by Gasteiger charge is 2.46. The van der Waals surface area contributed by atoms with Gasteiger partial charge in [0.15, 0.2) is 5.78 Å². The van der Waals surface area contributed by atoms with Crippen LogP contribution in [0.3, 0.4) is 0 Å². The van der Waals surface area contributed by atoms with Crippen LogP contribution in [-0.2, 0) is 9.53 Å². The Kier molecular flexibility index (Phi) is 3.38. The molecule has 3 atom stereocenters. The molecule has 0 radical (unpaired) electrons. The van der Waals surface area contributed by atoms with Crippen molar-refractivity contribution < 1.29 is 9.53 Å². The Hall–Kier alpha value is -1.31. The van der Waals surface area contributed by atoms with Crippen LogP contribution < -0.4 is 0 Å². The van der Waals surface area contributed by atoms with Crippen LogP contribution >= 0.6 is 0 Å². The predicted octanol–water partition coefficient (Wildman–Crippen LogP) is 4.72. The third kappa shape index (κ3) is 2.39. The maximum Gasteiger partial charge on any atom is 0.172 e. The molecule has 0 aromatic heterocycles. The van der Waals surface area contributed by atoms with Crippen molar-refractivity contribution in [2.75, 3.05) is 0 Å². The van der Waals surface area contributed by atoms with Gasteiger partial charge in [-0.2, -0.15) is 0 Å². The zero-order valence-electron chi connectivity index (χ0n) is 13.7. The van der Waals surface area contributed by atoms with Crippen molar-refractivity contribution in [2.24, 2.45) is 11.3 Å². The zero-order chi connectivity index (χ0) is 15.3. The van der Waals surface area contributed by atoms with Gasteiger partial charge in [-0.05, 0) is 57.6 Å². The predicted molar refractivity (Wildman–Crippen MR) is 84.8 cm³/mol. The van der Waals surface area contributed by atoms with Crippen molar-refractivity contribution >= 4 is 5.78 Å². The fourth-order valence-electron chi connectivity index (χ4n) is 3.77. The lowest BCUT2D eigenvalue weighted by Crippen LogP contribution is -2.43. The zero-order valence-corrected chi connectivity index (χ0v) is 13.7. The molecule has 5 aliphatic rings. The molecule has 0 aromatic carbocycles. The first kappa shape index (κ1) is 14.6. The van der Waals surface area contributed by atoms with E-state index < -0.39 is 0 Å². The van der Waals surface area contributed by atoms with E-state index in [1.165, 1.54) is 5.57 Å². The van der Waals surface area contributed by atoms with Gasteiger partial charge >= 0.3 is 0 Å². The van der Waals surface area contributed by atoms with Crippen molar-refractivity contribution in [3.05, 3.63) is 35.1 Å². The molecular formula is C19H26O2. The molecule has 2 heteroatoms. The number of allylic oxidation sites excluding steroid dienone is 5. The van der Waals surface area contributed by atoms with Crippen LogP contribution in [-0.4, -0.2) is 11.4 Å². The summed E-state index contributed by atoms with van der Waals surface area (Å²) in [6.07, 6.45) is 11.3. The van der Waals surface area contributed by atoms with Gasteiger partial charge in [0.05, 0.1) is 5.57 Å². The number of hydrogen-bond donors (Lipinski definition) is 0. The molecule has 0 spiro atoms. The number of carbonyl (C=O) groups excluding carboxylic acids is 1. The molecule has 3 heterocycles. The monoisotopic (exact) mass is 286 g/mol. The molecule has 0 fully saturated rings. The molecule has 0 N–H and O–H groups in total. The summed E-state index contributed by atoms with van der Waals surface area (Å²) in [5.74, 6) is 1.55. The first-order valence-electron chi connectivity index (χ1n) is 8.16. The SMILES string of the molecule is C/C1=C/CC[C@]2(C)C=CC3=C(C[C@H](C)[C@@](C)(CC1)C3=O)O2. The van der Waals surface area contributed by atoms with Gasteiger partial charge in [-0.1, -0.05) is 25.5 Å². The Morgan fingerprint density at radius 2 is 2.05 bits per heavy atom. The number of fused-ring (bicyclic) bond motifs is 1. The minimum absolute atomic E-state index is 0.255. The normalized spacial score (nSPS) is 42.2. The Labute approximate surface area is 127 Å². The average molecular weight is 286 g/mol. The molecule has 2 nitrogen and oxygen atoms in total. The molecular weight excluding hydrogens is 260 g/mol. The molecule has 0 amide bonds. The van der Waals surface area contributed by atoms with Crippen molar-refractivity contribution in [3.8, 4) is 0 Å². The van der Waals surface area contributed by atoms with Crippen molar-refractivity contribution in [2.45, 2.75) is 65.4 Å². The standard InChI is InChI=1S/C19H26O2/c1-13-6-5-9-18(3)10-8-15-16(21-18)12-14(2)19(4,11-7-13)17(15)20/h6,8,10,14H,5,7,9,11-12H2,1-4H3/b13-6-/t14-,18+,19+/m0/s1. The molecule has 0 saturated carbocycles. The molecule has 21 heavy (non-hydrogen) atoms. The minimum atomic E-state index is -0.261. The van der Waals surface area contributed by atoms with Gasteiger partial charge in [-0.25, -0.2) is 0 Å². The van der Waals surface area contributed by atoms with Crippen LogP contribution in [0.1, 0.15) is 59.8 Å². The van der Waals surface area contributed by atoms with Crippen LogP contribution in [0.5, 0.6) is 0 Å². The lowest BCUT2D eigenvalue weighted by molar-refractivity contribution is -0.129. The van der Waals surface area contributed by atoms with Gasteiger partial charge < -0.3 is 4.74 Å². The second-order valence-corrected chi connectivity index (χ2v) is 7.53. The largest absolute Gasteiger partial charge is 0.487 e. The number of hydrogen-bond acceptors (Lipinski definition) is 2. The van der Waals surface area contributed by atoms with Crippen LogP contribution in [0.15, 0.2) is 35.1 Å². The highest BCUT2D eigenvalue weighted by Crippen LogP contribution is 2.48. The number of rotatable bonds is 0. The van der Waals surface area contributed by atoms with Crippen molar-refractivity contribution in [3.63, 3.8) is 0 Å². The van der Waals surface area contributed by atoms with Crippen LogP contribution in [0, 0.1) is 11.3 Å². The van der Waals surface area contributed by atoms with Crippen LogP contribution in [0.2, 0.25) is 0 Å². The van der Waals surface area contributed by atoms with Gasteiger partial charge in [-0.3, -0.25) is 4.79 Å². The topological polar surface area (TPSA) is 26.3 Å². The smallest absolute Gasteiger partial charge is 0.172 e. The Morgan fingerprint density at radius 3 is 2.81 bits per heavy atom. The van der Waals surface area contributed by atoms with E-state index in [9.17, 15) is 4.79 Å². The van der Waals surface area contributed by atoms with E-state index in [0.29, 0.717) is 5.92 Å². The molecule has 0 saturated heterocycles. The van der Waals surface area contributed by atoms with Crippen molar-refractivity contribution in [1.29, 1.82) is 0 Å². The lowest BCUT2D eigenvalue weighted by atomic mass is 9.63. The Morgan fingerprint density at radius 1 is 1.29 bits per heavy atom. The quantitative estimate of drug-likeness (QED) is 0.602. The molecule has 3 aliphatic heterocycles. The molecule has 5 rings (SSSR count). The van der Waals surface area contributed by atoms with Gasteiger partial charge in [0.25, 0.3) is 0 Å². The molecule has 114 valence electrons. The summed E-state index contributed by atoms with van der Waals surface area (Å²) in [7, 11) is 0. The van der Waals surface area contributed by atoms with E-state index >= 15 is 0 Å². The maximum absolute atomic E-state index is 13.0. The number of ether oxygens (including phenoxy) is 1. The van der Waals surface area contributed by atoms with Gasteiger partial charge in [0.1, 0.15) is 11.4 Å². The summed E-state index contributed by atoms with van der Waals surface area (Å²) >= 11 is 0. The molecule has 4 bridgehead atoms. The van der Waals surface area contributed by atoms with E-state index in [1.807, 2.05) is 6.08 Å². The Bertz CT molecular complexity index is 566. The third-order valence-corrected chi connectivity index (χ3v) is 5.77. The fourth-order valence-corrected chi connectivity index (χ4v) is 3.77. The summed E-state index contributed by atoms with van der Waals surface area (Å²) < 4.78 is 6.26. The lowest BCUT2D eigenvalue weighted by Gasteiger charge is -2.43. The van der Waals surface area contributed by atoms with Gasteiger partial charge in [0.2, 0.25) is 0 Å². The van der Waals surface area contributed by atoms with Crippen molar-refractivity contribution in [1.82, 2.24) is 0 Å². The number of Topliss-reactive ketones (excluding diaryl/α,β-unsaturated/α-hetero) is 1. The minimum Gasteiger partial charge on any atom is -0.487 e. The number of carbonyl (C=O) groups is 1. The van der Waals surface area contributed by atoms with E-state index in [1.54, 1.807) is 0 Å². The second-order valence-electron chi connectivity index (χ2n) is 7.53. The second kappa shape index (κ2) is 4.86. The molecule has 0 unspecified atom stereocenters. The average Bonchev–Trinajstić information content (AvgIpc) is 2.42. The first-order valence-corrected chi connectivity index (χ1v) is 8.16. The fraction of sp³-hybridized carbons (Fsp3) is 0.632. The third-order valence-electron chi connectivity index (χ3n) is 5.77. The van der Waals surface area contributed by atoms with E-state index in [0.717, 1.165) is 43.4 Å². The molecule has 2 aliphatic carbocycles. The maximum atomic E-state index is 13.0.